The van der Waals surface area contributed by atoms with Crippen molar-refractivity contribution in [2.75, 3.05) is 0 Å². The highest BCUT2D eigenvalue weighted by Gasteiger charge is 1.34. The van der Waals surface area contributed by atoms with Crippen molar-refractivity contribution in [3.8, 4) is 6.07 Å². The van der Waals surface area contributed by atoms with Gasteiger partial charge in [-0.05, 0) is 0 Å². The molecule has 0 amide bonds. The first-order chi connectivity index (χ1) is 1.91. The third-order valence-corrected chi connectivity index (χ3v) is 0.0913. The Morgan fingerprint density at radius 2 is 2.00 bits per heavy atom. The maximum absolute atomic E-state index is 7.51. The number of nitriles is 1. The highest BCUT2D eigenvalue weighted by Crippen LogP contribution is 1.41. The molecule has 5 heavy (non-hydrogen) atoms. The van der Waals surface area contributed by atoms with Crippen molar-refractivity contribution in [2.24, 2.45) is 0 Å². The molecule has 0 rings (SSSR count). The minimum absolute atomic E-state index is 0. The van der Waals surface area contributed by atoms with Crippen LogP contribution >= 0.6 is 13.5 Å². The van der Waals surface area contributed by atoms with Gasteiger partial charge in [0.2, 0.25) is 0 Å². The van der Waals surface area contributed by atoms with Gasteiger partial charge in [-0.3, -0.25) is 0 Å². The lowest BCUT2D eigenvalue weighted by Crippen LogP contribution is -1.23. The quantitative estimate of drug-likeness (QED) is 0.407. The summed E-state index contributed by atoms with van der Waals surface area (Å²) < 4.78 is 0. The predicted molar refractivity (Wildman–Crippen MR) is 23.4 cm³/mol. The van der Waals surface area contributed by atoms with Crippen molar-refractivity contribution in [3.63, 3.8) is 0 Å². The van der Waals surface area contributed by atoms with Gasteiger partial charge in [-0.25, -0.2) is 0 Å². The molecular weight excluding hydrogens is 82.1 g/mol. The molecule has 0 aliphatic carbocycles. The second-order valence-corrected chi connectivity index (χ2v) is 0.333. The summed E-state index contributed by atoms with van der Waals surface area (Å²) in [6.45, 7) is 3.12. The molecule has 0 fully saturated rings. The Kier molecular flexibility index (Phi) is 16.8. The number of hydrogen-bond acceptors (Lipinski definition) is 1. The fraction of sp³-hybridized carbons (Fsp3) is 0. The zero-order valence-corrected chi connectivity index (χ0v) is 3.46. The van der Waals surface area contributed by atoms with Crippen molar-refractivity contribution in [3.05, 3.63) is 12.7 Å². The number of allylic oxidation sites excluding steroid dienone is 1. The highest BCUT2D eigenvalue weighted by molar-refractivity contribution is 7.59. The first kappa shape index (κ1) is 8.82. The first-order valence-electron chi connectivity index (χ1n) is 0.921. The highest BCUT2D eigenvalue weighted by atomic mass is 32.1. The number of hydrogen-bond donors (Lipinski definition) is 0. The number of rotatable bonds is 0. The summed E-state index contributed by atoms with van der Waals surface area (Å²) in [5.41, 5.74) is 0. The molecule has 0 aromatic heterocycles. The van der Waals surface area contributed by atoms with E-state index in [1.54, 1.807) is 6.07 Å². The molecule has 0 bridgehead atoms. The summed E-state index contributed by atoms with van der Waals surface area (Å²) >= 11 is 0. The molecule has 2 radical (unpaired) electrons. The Labute approximate surface area is 38.4 Å². The van der Waals surface area contributed by atoms with Crippen LogP contribution in [0.1, 0.15) is 0 Å². The van der Waals surface area contributed by atoms with Crippen LogP contribution in [0.5, 0.6) is 0 Å². The van der Waals surface area contributed by atoms with Crippen molar-refractivity contribution in [1.29, 1.82) is 5.26 Å². The van der Waals surface area contributed by atoms with Gasteiger partial charge in [-0.15, -0.1) is 0 Å². The second kappa shape index (κ2) is 9.55. The van der Waals surface area contributed by atoms with Crippen LogP contribution in [0, 0.1) is 11.3 Å². The Morgan fingerprint density at radius 1 is 1.80 bits per heavy atom. The lowest BCUT2D eigenvalue weighted by molar-refractivity contribution is 1.54. The van der Waals surface area contributed by atoms with E-state index in [4.69, 9.17) is 5.26 Å². The van der Waals surface area contributed by atoms with Crippen LogP contribution in [-0.2, 0) is 0 Å². The average Bonchev–Trinajstić information content (AvgIpc) is 1.37. The second-order valence-electron chi connectivity index (χ2n) is 0.333. The smallest absolute Gasteiger partial charge is 0.0905 e. The molecule has 0 aromatic rings. The minimum atomic E-state index is 0. The molecule has 26 valence electrons. The van der Waals surface area contributed by atoms with Crippen LogP contribution in [-0.4, -0.2) is 0 Å². The molecule has 0 spiro atoms. The third-order valence-electron chi connectivity index (χ3n) is 0.0913. The maximum Gasteiger partial charge on any atom is 0.0905 e. The summed E-state index contributed by atoms with van der Waals surface area (Å²) in [6, 6.07) is 1.69. The Bertz CT molecular complexity index is 52.4. The molecule has 0 saturated carbocycles. The summed E-state index contributed by atoms with van der Waals surface area (Å²) in [4.78, 5) is 0. The van der Waals surface area contributed by atoms with E-state index >= 15 is 0 Å². The van der Waals surface area contributed by atoms with Gasteiger partial charge in [-0.2, -0.15) is 5.26 Å². The predicted octanol–water partition coefficient (Wildman–Crippen LogP) is 1.34. The van der Waals surface area contributed by atoms with E-state index in [0.717, 1.165) is 0 Å². The standard InChI is InChI=1S/C3H3N.S/c1-2-3-4;/h2H,1H2;. The molecule has 0 aliphatic rings. The molecule has 0 unspecified atom stereocenters. The molecule has 0 aliphatic heterocycles. The molecule has 0 heterocycles. The van der Waals surface area contributed by atoms with Gasteiger partial charge in [0, 0.05) is 19.6 Å². The lowest BCUT2D eigenvalue weighted by atomic mass is 10.8. The Balaban J connectivity index is 0. The van der Waals surface area contributed by atoms with Gasteiger partial charge in [0.05, 0.1) is 6.07 Å². The van der Waals surface area contributed by atoms with E-state index in [1.807, 2.05) is 0 Å². The summed E-state index contributed by atoms with van der Waals surface area (Å²) in [6.07, 6.45) is 1.18. The van der Waals surface area contributed by atoms with E-state index in [1.165, 1.54) is 6.08 Å². The fourth-order valence-corrected chi connectivity index (χ4v) is 0. The van der Waals surface area contributed by atoms with Gasteiger partial charge in [0.15, 0.2) is 0 Å². The van der Waals surface area contributed by atoms with E-state index in [9.17, 15) is 0 Å². The van der Waals surface area contributed by atoms with Gasteiger partial charge in [-0.1, -0.05) is 6.58 Å². The Hall–Kier alpha value is -0.420. The van der Waals surface area contributed by atoms with Crippen LogP contribution in [0.2, 0.25) is 0 Å². The van der Waals surface area contributed by atoms with Gasteiger partial charge >= 0.3 is 0 Å². The lowest BCUT2D eigenvalue weighted by Gasteiger charge is -1.31. The van der Waals surface area contributed by atoms with Gasteiger partial charge in [0.1, 0.15) is 0 Å². The minimum Gasteiger partial charge on any atom is -0.193 e. The van der Waals surface area contributed by atoms with Crippen molar-refractivity contribution >= 4 is 13.5 Å². The third kappa shape index (κ3) is 26.6. The van der Waals surface area contributed by atoms with Crippen LogP contribution in [0.25, 0.3) is 0 Å². The molecule has 0 aromatic carbocycles. The normalized spacial score (nSPS) is 3.00. The Morgan fingerprint density at radius 3 is 2.00 bits per heavy atom. The van der Waals surface area contributed by atoms with Crippen molar-refractivity contribution < 1.29 is 0 Å². The van der Waals surface area contributed by atoms with E-state index in [0.29, 0.717) is 0 Å². The average molecular weight is 85.1 g/mol. The summed E-state index contributed by atoms with van der Waals surface area (Å²) in [5, 5.41) is 7.51. The topological polar surface area (TPSA) is 23.8 Å². The van der Waals surface area contributed by atoms with Crippen LogP contribution in [0.4, 0.5) is 0 Å². The van der Waals surface area contributed by atoms with Crippen LogP contribution in [0.15, 0.2) is 12.7 Å². The maximum atomic E-state index is 7.51. The SMILES string of the molecule is C=CC#N.[S]. The fourth-order valence-electron chi connectivity index (χ4n) is 0. The molecule has 0 N–H and O–H groups in total. The first-order valence-corrected chi connectivity index (χ1v) is 0.921. The molecular formula is C3H3NS. The zero-order valence-electron chi connectivity index (χ0n) is 2.64. The summed E-state index contributed by atoms with van der Waals surface area (Å²) in [5.74, 6) is 0. The summed E-state index contributed by atoms with van der Waals surface area (Å²) in [7, 11) is 0. The van der Waals surface area contributed by atoms with E-state index in [2.05, 4.69) is 6.58 Å². The zero-order chi connectivity index (χ0) is 3.41. The van der Waals surface area contributed by atoms with Gasteiger partial charge < -0.3 is 0 Å². The van der Waals surface area contributed by atoms with Crippen molar-refractivity contribution in [1.82, 2.24) is 0 Å². The van der Waals surface area contributed by atoms with Crippen LogP contribution in [0.3, 0.4) is 0 Å². The van der Waals surface area contributed by atoms with Crippen LogP contribution < -0.4 is 0 Å². The molecule has 1 nitrogen and oxygen atoms in total. The van der Waals surface area contributed by atoms with E-state index < -0.39 is 0 Å². The monoisotopic (exact) mass is 85.0 g/mol. The van der Waals surface area contributed by atoms with Crippen molar-refractivity contribution in [2.45, 2.75) is 0 Å². The number of nitrogens with zero attached hydrogens (tertiary/aromatic N) is 1. The largest absolute Gasteiger partial charge is 0.193 e. The molecule has 0 atom stereocenters. The van der Waals surface area contributed by atoms with E-state index in [-0.39, 0.29) is 13.5 Å². The van der Waals surface area contributed by atoms with Gasteiger partial charge in [0.25, 0.3) is 0 Å². The molecule has 2 heteroatoms. The molecule has 0 saturated heterocycles.